The Hall–Kier alpha value is -4.56. The van der Waals surface area contributed by atoms with Gasteiger partial charge >= 0.3 is 0 Å². The molecule has 39 heavy (non-hydrogen) atoms. The molecule has 2 aliphatic rings. The van der Waals surface area contributed by atoms with E-state index >= 15 is 0 Å². The summed E-state index contributed by atoms with van der Waals surface area (Å²) in [6.07, 6.45) is 6.76. The molecule has 0 saturated carbocycles. The Kier molecular flexibility index (Phi) is 5.63. The fourth-order valence-corrected chi connectivity index (χ4v) is 6.22. The van der Waals surface area contributed by atoms with E-state index in [0.717, 1.165) is 35.4 Å². The number of carbonyl (C=O) groups excluding carboxylic acids is 1. The molecule has 196 valence electrons. The van der Waals surface area contributed by atoms with Crippen molar-refractivity contribution in [3.05, 3.63) is 113 Å². The molecule has 3 unspecified atom stereocenters. The van der Waals surface area contributed by atoms with Gasteiger partial charge in [0.2, 0.25) is 0 Å². The van der Waals surface area contributed by atoms with Gasteiger partial charge in [-0.2, -0.15) is 0 Å². The Labute approximate surface area is 226 Å². The predicted molar refractivity (Wildman–Crippen MR) is 151 cm³/mol. The van der Waals surface area contributed by atoms with Gasteiger partial charge in [0.15, 0.2) is 0 Å². The SMILES string of the molecule is Cn1cnc(Cc2c[nH]c3cc(CNCC4Nc5ccccc5C4C4NC(=O)c5ccc(O)cc54)ccc23)c1. The lowest BCUT2D eigenvalue weighted by Crippen LogP contribution is -2.38. The third-order valence-electron chi connectivity index (χ3n) is 8.01. The van der Waals surface area contributed by atoms with Crippen molar-refractivity contribution in [1.82, 2.24) is 25.2 Å². The average Bonchev–Trinajstić information content (AvgIpc) is 3.69. The number of rotatable bonds is 7. The molecular weight excluding hydrogens is 488 g/mol. The summed E-state index contributed by atoms with van der Waals surface area (Å²) >= 11 is 0. The van der Waals surface area contributed by atoms with Crippen LogP contribution < -0.4 is 16.0 Å². The maximum atomic E-state index is 12.7. The van der Waals surface area contributed by atoms with E-state index in [1.807, 2.05) is 30.1 Å². The summed E-state index contributed by atoms with van der Waals surface area (Å²) in [5.74, 6) is 0.112. The summed E-state index contributed by atoms with van der Waals surface area (Å²) in [5, 5.41) is 21.9. The van der Waals surface area contributed by atoms with E-state index in [-0.39, 0.29) is 29.7 Å². The number of benzene rings is 3. The lowest BCUT2D eigenvalue weighted by molar-refractivity contribution is 0.0951. The first-order valence-corrected chi connectivity index (χ1v) is 13.3. The highest BCUT2D eigenvalue weighted by Gasteiger charge is 2.43. The fraction of sp³-hybridized carbons (Fsp3) is 0.226. The molecule has 8 nitrogen and oxygen atoms in total. The zero-order valence-electron chi connectivity index (χ0n) is 21.6. The third-order valence-corrected chi connectivity index (χ3v) is 8.01. The normalized spacial score (nSPS) is 19.6. The van der Waals surface area contributed by atoms with Crippen LogP contribution in [0.25, 0.3) is 10.9 Å². The number of para-hydroxylation sites is 1. The quantitative estimate of drug-likeness (QED) is 0.220. The number of amides is 1. The number of carbonyl (C=O) groups is 1. The van der Waals surface area contributed by atoms with Crippen LogP contribution in [-0.2, 0) is 20.0 Å². The van der Waals surface area contributed by atoms with Gasteiger partial charge in [-0.3, -0.25) is 4.79 Å². The second-order valence-electron chi connectivity index (χ2n) is 10.6. The zero-order valence-corrected chi connectivity index (χ0v) is 21.6. The van der Waals surface area contributed by atoms with Gasteiger partial charge in [0.25, 0.3) is 5.91 Å². The average molecular weight is 519 g/mol. The molecule has 0 radical (unpaired) electrons. The highest BCUT2D eigenvalue weighted by Crippen LogP contribution is 2.46. The van der Waals surface area contributed by atoms with E-state index < -0.39 is 0 Å². The van der Waals surface area contributed by atoms with Crippen LogP contribution >= 0.6 is 0 Å². The second-order valence-corrected chi connectivity index (χ2v) is 10.6. The molecule has 2 aliphatic heterocycles. The molecule has 8 heteroatoms. The summed E-state index contributed by atoms with van der Waals surface area (Å²) in [7, 11) is 1.99. The van der Waals surface area contributed by atoms with Crippen molar-refractivity contribution < 1.29 is 9.90 Å². The van der Waals surface area contributed by atoms with Crippen molar-refractivity contribution >= 4 is 22.5 Å². The Morgan fingerprint density at radius 1 is 1.05 bits per heavy atom. The van der Waals surface area contributed by atoms with E-state index in [2.05, 4.69) is 68.6 Å². The van der Waals surface area contributed by atoms with E-state index in [1.165, 1.54) is 22.1 Å². The highest BCUT2D eigenvalue weighted by molar-refractivity contribution is 5.99. The second kappa shape index (κ2) is 9.32. The molecule has 0 spiro atoms. The Morgan fingerprint density at radius 3 is 2.82 bits per heavy atom. The molecule has 7 rings (SSSR count). The Morgan fingerprint density at radius 2 is 1.95 bits per heavy atom. The van der Waals surface area contributed by atoms with Crippen LogP contribution in [0, 0.1) is 0 Å². The summed E-state index contributed by atoms with van der Waals surface area (Å²) < 4.78 is 1.97. The van der Waals surface area contributed by atoms with E-state index in [1.54, 1.807) is 18.2 Å². The monoisotopic (exact) mass is 518 g/mol. The lowest BCUT2D eigenvalue weighted by Gasteiger charge is -2.27. The van der Waals surface area contributed by atoms with Crippen LogP contribution in [0.5, 0.6) is 5.75 Å². The number of imidazole rings is 1. The van der Waals surface area contributed by atoms with Crippen LogP contribution in [-0.4, -0.2) is 38.1 Å². The van der Waals surface area contributed by atoms with Gasteiger partial charge in [0, 0.05) is 73.1 Å². The molecule has 2 aromatic heterocycles. The van der Waals surface area contributed by atoms with Crippen molar-refractivity contribution in [3.63, 3.8) is 0 Å². The number of hydrogen-bond donors (Lipinski definition) is 5. The van der Waals surface area contributed by atoms with Crippen molar-refractivity contribution in [2.24, 2.45) is 7.05 Å². The van der Waals surface area contributed by atoms with Gasteiger partial charge in [-0.25, -0.2) is 4.98 Å². The minimum absolute atomic E-state index is 0.0285. The topological polar surface area (TPSA) is 107 Å². The smallest absolute Gasteiger partial charge is 0.252 e. The molecule has 3 atom stereocenters. The van der Waals surface area contributed by atoms with Crippen molar-refractivity contribution in [2.45, 2.75) is 31.0 Å². The summed E-state index contributed by atoms with van der Waals surface area (Å²) in [6, 6.07) is 19.7. The Bertz CT molecular complexity index is 1700. The number of aryl methyl sites for hydroxylation is 1. The number of anilines is 1. The van der Waals surface area contributed by atoms with Crippen LogP contribution in [0.3, 0.4) is 0 Å². The Balaban J connectivity index is 1.08. The molecule has 0 aliphatic carbocycles. The van der Waals surface area contributed by atoms with Crippen LogP contribution in [0.4, 0.5) is 5.69 Å². The number of nitrogens with zero attached hydrogens (tertiary/aromatic N) is 2. The van der Waals surface area contributed by atoms with Crippen LogP contribution in [0.2, 0.25) is 0 Å². The van der Waals surface area contributed by atoms with Gasteiger partial charge in [-0.15, -0.1) is 0 Å². The first-order valence-electron chi connectivity index (χ1n) is 13.3. The number of nitrogens with one attached hydrogen (secondary N) is 4. The van der Waals surface area contributed by atoms with Gasteiger partial charge < -0.3 is 30.6 Å². The highest BCUT2D eigenvalue weighted by atomic mass is 16.3. The minimum Gasteiger partial charge on any atom is -0.508 e. The number of aromatic hydroxyl groups is 1. The number of hydrogen-bond acceptors (Lipinski definition) is 5. The number of phenolic OH excluding ortho intramolecular Hbond substituents is 1. The number of aromatic amines is 1. The molecule has 0 saturated heterocycles. The standard InChI is InChI=1S/C31H30N6O2/c1-37-16-20(34-17-37)11-19-14-33-27-10-18(6-8-22(19)27)13-32-15-28-29(24-4-2-3-5-26(24)35-28)30-25-12-21(38)7-9-23(25)31(39)36-30/h2-10,12,14,16-17,28-30,32-33,35,38H,11,13,15H2,1H3,(H,36,39). The maximum absolute atomic E-state index is 12.7. The molecular formula is C31H30N6O2. The lowest BCUT2D eigenvalue weighted by atomic mass is 9.84. The number of phenols is 1. The van der Waals surface area contributed by atoms with Gasteiger partial charge in [0.1, 0.15) is 5.75 Å². The number of aromatic nitrogens is 3. The summed E-state index contributed by atoms with van der Waals surface area (Å²) in [5.41, 5.74) is 8.37. The first-order chi connectivity index (χ1) is 19.0. The zero-order chi connectivity index (χ0) is 26.5. The number of H-pyrrole nitrogens is 1. The van der Waals surface area contributed by atoms with Crippen molar-refractivity contribution in [3.8, 4) is 5.75 Å². The first kappa shape index (κ1) is 23.5. The predicted octanol–water partition coefficient (Wildman–Crippen LogP) is 4.35. The molecule has 1 amide bonds. The minimum atomic E-state index is -0.213. The fourth-order valence-electron chi connectivity index (χ4n) is 6.22. The largest absolute Gasteiger partial charge is 0.508 e. The van der Waals surface area contributed by atoms with E-state index in [9.17, 15) is 9.90 Å². The summed E-state index contributed by atoms with van der Waals surface area (Å²) in [6.45, 7) is 1.44. The van der Waals surface area contributed by atoms with Crippen LogP contribution in [0.15, 0.2) is 79.4 Å². The molecule has 5 N–H and O–H groups in total. The number of fused-ring (bicyclic) bond motifs is 3. The van der Waals surface area contributed by atoms with E-state index in [0.29, 0.717) is 12.1 Å². The third kappa shape index (κ3) is 4.23. The van der Waals surface area contributed by atoms with Gasteiger partial charge in [0.05, 0.1) is 18.1 Å². The molecule has 5 aromatic rings. The van der Waals surface area contributed by atoms with Crippen molar-refractivity contribution in [1.29, 1.82) is 0 Å². The van der Waals surface area contributed by atoms with E-state index in [4.69, 9.17) is 0 Å². The maximum Gasteiger partial charge on any atom is 0.252 e. The van der Waals surface area contributed by atoms with Gasteiger partial charge in [-0.05, 0) is 52.6 Å². The summed E-state index contributed by atoms with van der Waals surface area (Å²) in [4.78, 5) is 20.6. The molecule has 4 heterocycles. The molecule has 3 aromatic carbocycles. The van der Waals surface area contributed by atoms with Gasteiger partial charge in [-0.1, -0.05) is 30.3 Å². The molecule has 0 bridgehead atoms. The molecule has 0 fully saturated rings. The van der Waals surface area contributed by atoms with Crippen LogP contribution in [0.1, 0.15) is 50.3 Å². The van der Waals surface area contributed by atoms with Crippen molar-refractivity contribution in [2.75, 3.05) is 11.9 Å².